The van der Waals surface area contributed by atoms with E-state index in [2.05, 4.69) is 17.6 Å². The molecular weight excluding hydrogens is 384 g/mol. The number of carbonyl (C=O) groups excluding carboxylic acids is 1. The van der Waals surface area contributed by atoms with E-state index in [-0.39, 0.29) is 6.03 Å². The highest BCUT2D eigenvalue weighted by molar-refractivity contribution is 5.89. The largest absolute Gasteiger partial charge is 0.457 e. The van der Waals surface area contributed by atoms with Crippen molar-refractivity contribution in [1.82, 2.24) is 5.32 Å². The van der Waals surface area contributed by atoms with Crippen molar-refractivity contribution < 1.29 is 9.53 Å². The second kappa shape index (κ2) is 16.2. The molecule has 0 heterocycles. The first-order valence-electron chi connectivity index (χ1n) is 12.2. The van der Waals surface area contributed by atoms with E-state index in [1.54, 1.807) is 0 Å². The average molecular weight is 425 g/mol. The van der Waals surface area contributed by atoms with E-state index >= 15 is 0 Å². The lowest BCUT2D eigenvalue weighted by Crippen LogP contribution is -2.29. The number of nitrogens with one attached hydrogen (secondary N) is 2. The van der Waals surface area contributed by atoms with Crippen molar-refractivity contribution >= 4 is 11.7 Å². The van der Waals surface area contributed by atoms with Crippen LogP contribution in [0.25, 0.3) is 0 Å². The number of urea groups is 1. The average Bonchev–Trinajstić information content (AvgIpc) is 2.79. The third kappa shape index (κ3) is 12.1. The van der Waals surface area contributed by atoms with E-state index in [1.165, 1.54) is 70.6 Å². The molecule has 31 heavy (non-hydrogen) atoms. The van der Waals surface area contributed by atoms with Crippen molar-refractivity contribution in [2.24, 2.45) is 0 Å². The number of hydrogen-bond donors (Lipinski definition) is 2. The van der Waals surface area contributed by atoms with Gasteiger partial charge in [0.05, 0.1) is 0 Å². The summed E-state index contributed by atoms with van der Waals surface area (Å²) in [5.41, 5.74) is 0.757. The topological polar surface area (TPSA) is 50.4 Å². The maximum Gasteiger partial charge on any atom is 0.319 e. The Bertz CT molecular complexity index is 701. The summed E-state index contributed by atoms with van der Waals surface area (Å²) in [5.74, 6) is 1.54. The van der Waals surface area contributed by atoms with Gasteiger partial charge in [-0.3, -0.25) is 0 Å². The van der Waals surface area contributed by atoms with Crippen LogP contribution in [-0.2, 0) is 0 Å². The summed E-state index contributed by atoms with van der Waals surface area (Å²) in [6, 6.07) is 16.9. The minimum absolute atomic E-state index is 0.153. The van der Waals surface area contributed by atoms with Gasteiger partial charge in [-0.1, -0.05) is 95.8 Å². The molecule has 0 fully saturated rings. The van der Waals surface area contributed by atoms with Gasteiger partial charge in [-0.15, -0.1) is 0 Å². The third-order valence-electron chi connectivity index (χ3n) is 5.41. The van der Waals surface area contributed by atoms with Crippen LogP contribution in [-0.4, -0.2) is 12.6 Å². The molecule has 4 nitrogen and oxygen atoms in total. The number of amides is 2. The van der Waals surface area contributed by atoms with Crippen molar-refractivity contribution in [3.63, 3.8) is 0 Å². The Hall–Kier alpha value is -2.49. The van der Waals surface area contributed by atoms with Gasteiger partial charge < -0.3 is 15.4 Å². The van der Waals surface area contributed by atoms with E-state index in [0.717, 1.165) is 30.2 Å². The standard InChI is InChI=1S/C27H40N2O2/c1-2-3-4-5-6-7-8-9-10-11-12-16-23-28-27(30)29-24-19-21-26(22-20-24)31-25-17-14-13-15-18-25/h13-15,17-22H,2-12,16,23H2,1H3,(H2,28,29,30). The molecule has 0 spiro atoms. The Balaban J connectivity index is 1.45. The molecule has 0 atom stereocenters. The van der Waals surface area contributed by atoms with Crippen LogP contribution in [0, 0.1) is 0 Å². The van der Waals surface area contributed by atoms with Gasteiger partial charge in [0.1, 0.15) is 11.5 Å². The highest BCUT2D eigenvalue weighted by atomic mass is 16.5. The van der Waals surface area contributed by atoms with E-state index in [0.29, 0.717) is 0 Å². The number of benzene rings is 2. The van der Waals surface area contributed by atoms with Crippen LogP contribution in [0.5, 0.6) is 11.5 Å². The fraction of sp³-hybridized carbons (Fsp3) is 0.519. The molecule has 0 radical (unpaired) electrons. The van der Waals surface area contributed by atoms with E-state index in [9.17, 15) is 4.79 Å². The summed E-state index contributed by atoms with van der Waals surface area (Å²) in [5, 5.41) is 5.81. The van der Waals surface area contributed by atoms with Gasteiger partial charge >= 0.3 is 6.03 Å². The molecule has 0 saturated heterocycles. The molecule has 0 unspecified atom stereocenters. The van der Waals surface area contributed by atoms with Crippen molar-refractivity contribution in [2.75, 3.05) is 11.9 Å². The molecule has 0 saturated carbocycles. The Morgan fingerprint density at radius 3 is 1.77 bits per heavy atom. The molecule has 0 bridgehead atoms. The van der Waals surface area contributed by atoms with Gasteiger partial charge in [0.25, 0.3) is 0 Å². The molecule has 0 aliphatic heterocycles. The number of para-hydroxylation sites is 1. The van der Waals surface area contributed by atoms with Crippen molar-refractivity contribution in [3.05, 3.63) is 54.6 Å². The summed E-state index contributed by atoms with van der Waals surface area (Å²) in [6.45, 7) is 2.99. The number of hydrogen-bond acceptors (Lipinski definition) is 2. The molecule has 2 amide bonds. The van der Waals surface area contributed by atoms with Crippen LogP contribution in [0.1, 0.15) is 84.0 Å². The number of carbonyl (C=O) groups is 1. The molecule has 0 aliphatic carbocycles. The predicted molar refractivity (Wildman–Crippen MR) is 131 cm³/mol. The molecule has 2 aromatic carbocycles. The summed E-state index contributed by atoms with van der Waals surface area (Å²) in [6.07, 6.45) is 15.9. The number of unbranched alkanes of at least 4 members (excludes halogenated alkanes) is 11. The number of rotatable bonds is 16. The highest BCUT2D eigenvalue weighted by Crippen LogP contribution is 2.22. The van der Waals surface area contributed by atoms with Crippen molar-refractivity contribution in [1.29, 1.82) is 0 Å². The Morgan fingerprint density at radius 1 is 0.677 bits per heavy atom. The van der Waals surface area contributed by atoms with Crippen LogP contribution in [0.2, 0.25) is 0 Å². The van der Waals surface area contributed by atoms with Gasteiger partial charge in [0.2, 0.25) is 0 Å². The molecule has 170 valence electrons. The molecule has 2 aromatic rings. The van der Waals surface area contributed by atoms with Crippen LogP contribution >= 0.6 is 0 Å². The van der Waals surface area contributed by atoms with E-state index < -0.39 is 0 Å². The minimum atomic E-state index is -0.153. The zero-order valence-corrected chi connectivity index (χ0v) is 19.2. The van der Waals surface area contributed by atoms with Crippen molar-refractivity contribution in [2.45, 2.75) is 84.0 Å². The van der Waals surface area contributed by atoms with Gasteiger partial charge in [-0.25, -0.2) is 4.79 Å². The van der Waals surface area contributed by atoms with Gasteiger partial charge in [-0.05, 0) is 42.8 Å². The van der Waals surface area contributed by atoms with Crippen LogP contribution in [0.15, 0.2) is 54.6 Å². The SMILES string of the molecule is CCCCCCCCCCCCCCNC(=O)Nc1ccc(Oc2ccccc2)cc1. The third-order valence-corrected chi connectivity index (χ3v) is 5.41. The normalized spacial score (nSPS) is 10.6. The van der Waals surface area contributed by atoms with Gasteiger partial charge in [0, 0.05) is 12.2 Å². The molecule has 0 aliphatic rings. The molecule has 2 rings (SSSR count). The van der Waals surface area contributed by atoms with Gasteiger partial charge in [-0.2, -0.15) is 0 Å². The summed E-state index contributed by atoms with van der Waals surface area (Å²) in [4.78, 5) is 12.0. The molecule has 0 aromatic heterocycles. The quantitative estimate of drug-likeness (QED) is 0.266. The molecular formula is C27H40N2O2. The fourth-order valence-corrected chi connectivity index (χ4v) is 3.57. The maximum absolute atomic E-state index is 12.0. The second-order valence-corrected chi connectivity index (χ2v) is 8.21. The Morgan fingerprint density at radius 2 is 1.19 bits per heavy atom. The summed E-state index contributed by atoms with van der Waals surface area (Å²) >= 11 is 0. The lowest BCUT2D eigenvalue weighted by atomic mass is 10.1. The second-order valence-electron chi connectivity index (χ2n) is 8.21. The van der Waals surface area contributed by atoms with Crippen LogP contribution in [0.3, 0.4) is 0 Å². The summed E-state index contributed by atoms with van der Waals surface area (Å²) < 4.78 is 5.76. The minimum Gasteiger partial charge on any atom is -0.457 e. The smallest absolute Gasteiger partial charge is 0.319 e. The Kier molecular flexibility index (Phi) is 13.0. The lowest BCUT2D eigenvalue weighted by Gasteiger charge is -2.09. The zero-order chi connectivity index (χ0) is 22.0. The van der Waals surface area contributed by atoms with Gasteiger partial charge in [0.15, 0.2) is 0 Å². The van der Waals surface area contributed by atoms with Crippen LogP contribution in [0.4, 0.5) is 10.5 Å². The predicted octanol–water partition coefficient (Wildman–Crippen LogP) is 8.30. The fourth-order valence-electron chi connectivity index (χ4n) is 3.57. The number of anilines is 1. The molecule has 4 heteroatoms. The maximum atomic E-state index is 12.0. The first-order valence-corrected chi connectivity index (χ1v) is 12.2. The molecule has 2 N–H and O–H groups in total. The highest BCUT2D eigenvalue weighted by Gasteiger charge is 2.02. The zero-order valence-electron chi connectivity index (χ0n) is 19.2. The first kappa shape index (κ1) is 24.8. The van der Waals surface area contributed by atoms with Crippen molar-refractivity contribution in [3.8, 4) is 11.5 Å². The number of ether oxygens (including phenoxy) is 1. The van der Waals surface area contributed by atoms with Crippen LogP contribution < -0.4 is 15.4 Å². The Labute approximate surface area is 188 Å². The first-order chi connectivity index (χ1) is 15.3. The monoisotopic (exact) mass is 424 g/mol. The van der Waals surface area contributed by atoms with E-state index in [1.807, 2.05) is 54.6 Å². The van der Waals surface area contributed by atoms with E-state index in [4.69, 9.17) is 4.74 Å². The lowest BCUT2D eigenvalue weighted by molar-refractivity contribution is 0.252. The summed E-state index contributed by atoms with van der Waals surface area (Å²) in [7, 11) is 0.